The predicted molar refractivity (Wildman–Crippen MR) is 76.5 cm³/mol. The molecule has 1 aromatic carbocycles. The van der Waals surface area contributed by atoms with E-state index in [0.717, 1.165) is 25.4 Å². The fourth-order valence-corrected chi connectivity index (χ4v) is 2.87. The Bertz CT molecular complexity index is 362. The second-order valence-corrected chi connectivity index (χ2v) is 5.83. The molecule has 0 saturated carbocycles. The van der Waals surface area contributed by atoms with Crippen molar-refractivity contribution >= 4 is 45.2 Å². The summed E-state index contributed by atoms with van der Waals surface area (Å²) in [4.78, 5) is 0. The van der Waals surface area contributed by atoms with Crippen LogP contribution in [0.3, 0.4) is 0 Å². The smallest absolute Gasteiger partial charge is 0.145 e. The van der Waals surface area contributed by atoms with Gasteiger partial charge in [0, 0.05) is 3.57 Å². The van der Waals surface area contributed by atoms with Crippen molar-refractivity contribution in [2.24, 2.45) is 0 Å². The van der Waals surface area contributed by atoms with Crippen LogP contribution in [0.5, 0.6) is 5.75 Å². The Balaban J connectivity index is 2.19. The van der Waals surface area contributed by atoms with E-state index in [1.165, 1.54) is 12.7 Å². The summed E-state index contributed by atoms with van der Waals surface area (Å²) in [6, 6.07) is 4.33. The lowest BCUT2D eigenvalue weighted by Crippen LogP contribution is -2.38. The molecule has 1 fully saturated rings. The largest absolute Gasteiger partial charge is 0.484 e. The van der Waals surface area contributed by atoms with Gasteiger partial charge in [0.1, 0.15) is 11.9 Å². The van der Waals surface area contributed by atoms with Crippen LogP contribution in [0.1, 0.15) is 12.5 Å². The molecule has 0 spiro atoms. The zero-order valence-electron chi connectivity index (χ0n) is 8.43. The molecule has 1 aliphatic heterocycles. The van der Waals surface area contributed by atoms with Gasteiger partial charge in [0.05, 0.1) is 16.8 Å². The zero-order valence-corrected chi connectivity index (χ0v) is 12.7. The summed E-state index contributed by atoms with van der Waals surface area (Å²) in [5, 5.41) is 0. The fraction of sp³-hybridized carbons (Fsp3) is 0.455. The van der Waals surface area contributed by atoms with E-state index >= 15 is 0 Å². The first-order valence-electron chi connectivity index (χ1n) is 4.93. The second-order valence-electron chi connectivity index (χ2n) is 3.50. The molecule has 0 aliphatic carbocycles. The highest BCUT2D eigenvalue weighted by atomic mass is 127. The van der Waals surface area contributed by atoms with Gasteiger partial charge in [0.25, 0.3) is 0 Å². The standard InChI is InChI=1S/C11H12I2O2/c1-2-7-3-10(13)11(4-9(7)12)15-8-5-14-6-8/h3-4,8H,2,5-6H2,1H3. The third-order valence-electron chi connectivity index (χ3n) is 2.38. The Labute approximate surface area is 117 Å². The highest BCUT2D eigenvalue weighted by Gasteiger charge is 2.21. The molecule has 0 N–H and O–H groups in total. The van der Waals surface area contributed by atoms with E-state index in [4.69, 9.17) is 9.47 Å². The van der Waals surface area contributed by atoms with E-state index < -0.39 is 0 Å². The van der Waals surface area contributed by atoms with Gasteiger partial charge in [-0.25, -0.2) is 0 Å². The van der Waals surface area contributed by atoms with Crippen molar-refractivity contribution in [1.29, 1.82) is 0 Å². The van der Waals surface area contributed by atoms with Crippen LogP contribution >= 0.6 is 45.2 Å². The van der Waals surface area contributed by atoms with E-state index in [1.807, 2.05) is 0 Å². The molecule has 0 unspecified atom stereocenters. The number of hydrogen-bond donors (Lipinski definition) is 0. The molecule has 0 bridgehead atoms. The van der Waals surface area contributed by atoms with Crippen molar-refractivity contribution < 1.29 is 9.47 Å². The van der Waals surface area contributed by atoms with Crippen LogP contribution in [-0.2, 0) is 11.2 Å². The van der Waals surface area contributed by atoms with Crippen LogP contribution in [0.2, 0.25) is 0 Å². The molecular formula is C11H12I2O2. The number of rotatable bonds is 3. The summed E-state index contributed by atoms with van der Waals surface area (Å²) < 4.78 is 13.4. The van der Waals surface area contributed by atoms with Crippen molar-refractivity contribution in [2.45, 2.75) is 19.4 Å². The van der Waals surface area contributed by atoms with Gasteiger partial charge in [-0.05, 0) is 69.3 Å². The van der Waals surface area contributed by atoms with Crippen LogP contribution in [0, 0.1) is 7.14 Å². The summed E-state index contributed by atoms with van der Waals surface area (Å²) in [6.45, 7) is 3.62. The molecule has 2 rings (SSSR count). The van der Waals surface area contributed by atoms with Gasteiger partial charge in [0.15, 0.2) is 0 Å². The van der Waals surface area contributed by atoms with Gasteiger partial charge in [-0.15, -0.1) is 0 Å². The van der Waals surface area contributed by atoms with Gasteiger partial charge in [-0.1, -0.05) is 6.92 Å². The first-order chi connectivity index (χ1) is 7.20. The lowest BCUT2D eigenvalue weighted by atomic mass is 10.2. The van der Waals surface area contributed by atoms with Gasteiger partial charge < -0.3 is 9.47 Å². The molecule has 1 aromatic rings. The zero-order chi connectivity index (χ0) is 10.8. The van der Waals surface area contributed by atoms with Crippen LogP contribution < -0.4 is 4.74 Å². The number of hydrogen-bond acceptors (Lipinski definition) is 2. The average molecular weight is 430 g/mol. The third kappa shape index (κ3) is 2.76. The Morgan fingerprint density at radius 1 is 1.33 bits per heavy atom. The Kier molecular flexibility index (Phi) is 4.11. The minimum Gasteiger partial charge on any atom is -0.484 e. The lowest BCUT2D eigenvalue weighted by molar-refractivity contribution is -0.0800. The number of aryl methyl sites for hydroxylation is 1. The molecule has 1 saturated heterocycles. The molecule has 0 amide bonds. The number of halogens is 2. The highest BCUT2D eigenvalue weighted by Crippen LogP contribution is 2.28. The van der Waals surface area contributed by atoms with E-state index in [0.29, 0.717) is 0 Å². The minimum absolute atomic E-state index is 0.252. The third-order valence-corrected chi connectivity index (χ3v) is 4.23. The molecule has 4 heteroatoms. The topological polar surface area (TPSA) is 18.5 Å². The Morgan fingerprint density at radius 2 is 2.07 bits per heavy atom. The Morgan fingerprint density at radius 3 is 2.60 bits per heavy atom. The summed E-state index contributed by atoms with van der Waals surface area (Å²) >= 11 is 4.70. The van der Waals surface area contributed by atoms with Gasteiger partial charge in [-0.2, -0.15) is 0 Å². The molecule has 15 heavy (non-hydrogen) atoms. The second kappa shape index (κ2) is 5.18. The maximum atomic E-state index is 5.82. The van der Waals surface area contributed by atoms with Crippen molar-refractivity contribution in [3.8, 4) is 5.75 Å². The maximum absolute atomic E-state index is 5.82. The molecule has 2 nitrogen and oxygen atoms in total. The van der Waals surface area contributed by atoms with E-state index in [9.17, 15) is 0 Å². The van der Waals surface area contributed by atoms with Gasteiger partial charge in [0.2, 0.25) is 0 Å². The summed E-state index contributed by atoms with van der Waals surface area (Å²) in [6.07, 6.45) is 1.32. The van der Waals surface area contributed by atoms with Crippen molar-refractivity contribution in [3.05, 3.63) is 24.8 Å². The van der Waals surface area contributed by atoms with Crippen molar-refractivity contribution in [2.75, 3.05) is 13.2 Å². The van der Waals surface area contributed by atoms with Gasteiger partial charge >= 0.3 is 0 Å². The van der Waals surface area contributed by atoms with Crippen LogP contribution in [0.15, 0.2) is 12.1 Å². The summed E-state index contributed by atoms with van der Waals surface area (Å²) in [5.74, 6) is 0.991. The molecule has 82 valence electrons. The first kappa shape index (κ1) is 11.9. The number of benzene rings is 1. The van der Waals surface area contributed by atoms with E-state index in [1.54, 1.807) is 0 Å². The molecule has 0 atom stereocenters. The minimum atomic E-state index is 0.252. The maximum Gasteiger partial charge on any atom is 0.145 e. The predicted octanol–water partition coefficient (Wildman–Crippen LogP) is 3.24. The monoisotopic (exact) mass is 430 g/mol. The Hall–Kier alpha value is 0.440. The normalized spacial score (nSPS) is 16.2. The van der Waals surface area contributed by atoms with E-state index in [2.05, 4.69) is 64.2 Å². The van der Waals surface area contributed by atoms with Crippen molar-refractivity contribution in [1.82, 2.24) is 0 Å². The fourth-order valence-electron chi connectivity index (χ4n) is 1.39. The molecule has 0 aromatic heterocycles. The van der Waals surface area contributed by atoms with E-state index in [-0.39, 0.29) is 6.10 Å². The SMILES string of the molecule is CCc1cc(I)c(OC2COC2)cc1I. The van der Waals surface area contributed by atoms with Crippen LogP contribution in [0.25, 0.3) is 0 Å². The molecular weight excluding hydrogens is 418 g/mol. The van der Waals surface area contributed by atoms with Gasteiger partial charge in [-0.3, -0.25) is 0 Å². The summed E-state index contributed by atoms with van der Waals surface area (Å²) in [7, 11) is 0. The van der Waals surface area contributed by atoms with Crippen molar-refractivity contribution in [3.63, 3.8) is 0 Å². The number of ether oxygens (including phenoxy) is 2. The quantitative estimate of drug-likeness (QED) is 0.687. The molecule has 1 heterocycles. The molecule has 0 radical (unpaired) electrons. The van der Waals surface area contributed by atoms with Crippen LogP contribution in [0.4, 0.5) is 0 Å². The first-order valence-corrected chi connectivity index (χ1v) is 7.08. The highest BCUT2D eigenvalue weighted by molar-refractivity contribution is 14.1. The lowest BCUT2D eigenvalue weighted by Gasteiger charge is -2.27. The molecule has 1 aliphatic rings. The van der Waals surface area contributed by atoms with Crippen LogP contribution in [-0.4, -0.2) is 19.3 Å². The summed E-state index contributed by atoms with van der Waals surface area (Å²) in [5.41, 5.74) is 1.39. The average Bonchev–Trinajstić information content (AvgIpc) is 2.16.